The normalized spacial score (nSPS) is 25.2. The van der Waals surface area contributed by atoms with Crippen LogP contribution in [0.1, 0.15) is 63.5 Å². The molecule has 0 N–H and O–H groups in total. The smallest absolute Gasteiger partial charge is 0.0142 e. The molecular formula is C21H28. The molecule has 0 spiro atoms. The molecule has 1 aromatic carbocycles. The molecule has 0 radical (unpaired) electrons. The Hall–Kier alpha value is -1.30. The summed E-state index contributed by atoms with van der Waals surface area (Å²) < 4.78 is 0. The molecule has 2 aliphatic rings. The lowest BCUT2D eigenvalue weighted by molar-refractivity contribution is 0.320. The lowest BCUT2D eigenvalue weighted by atomic mass is 9.66. The third-order valence-electron chi connectivity index (χ3n) is 5.45. The summed E-state index contributed by atoms with van der Waals surface area (Å²) >= 11 is 0. The maximum atomic E-state index is 2.46. The van der Waals surface area contributed by atoms with Gasteiger partial charge in [-0.05, 0) is 62.3 Å². The summed E-state index contributed by atoms with van der Waals surface area (Å²) in [5.41, 5.74) is 6.71. The van der Waals surface area contributed by atoms with Crippen molar-refractivity contribution in [1.82, 2.24) is 0 Å². The molecule has 0 heteroatoms. The average Bonchev–Trinajstić information content (AvgIpc) is 2.47. The quantitative estimate of drug-likeness (QED) is 0.556. The Morgan fingerprint density at radius 3 is 2.62 bits per heavy atom. The van der Waals surface area contributed by atoms with Crippen molar-refractivity contribution in [1.29, 1.82) is 0 Å². The minimum Gasteiger partial charge on any atom is -0.0805 e. The summed E-state index contributed by atoms with van der Waals surface area (Å²) in [5.74, 6) is 0.738. The fourth-order valence-corrected chi connectivity index (χ4v) is 4.03. The van der Waals surface area contributed by atoms with E-state index in [1.54, 1.807) is 11.1 Å². The second-order valence-corrected chi connectivity index (χ2v) is 7.59. The Balaban J connectivity index is 1.72. The molecule has 0 aliphatic heterocycles. The van der Waals surface area contributed by atoms with Crippen LogP contribution in [0.15, 0.2) is 41.5 Å². The first-order valence-electron chi connectivity index (χ1n) is 8.51. The van der Waals surface area contributed by atoms with Crippen LogP contribution in [0.2, 0.25) is 0 Å². The number of hydrogen-bond donors (Lipinski definition) is 0. The van der Waals surface area contributed by atoms with E-state index in [0.717, 1.165) is 5.92 Å². The van der Waals surface area contributed by atoms with Gasteiger partial charge in [-0.15, -0.1) is 0 Å². The van der Waals surface area contributed by atoms with E-state index in [0.29, 0.717) is 5.41 Å². The van der Waals surface area contributed by atoms with Gasteiger partial charge in [0.25, 0.3) is 0 Å². The van der Waals surface area contributed by atoms with Crippen molar-refractivity contribution in [3.63, 3.8) is 0 Å². The van der Waals surface area contributed by atoms with Crippen molar-refractivity contribution in [2.45, 2.75) is 59.3 Å². The van der Waals surface area contributed by atoms with Crippen molar-refractivity contribution in [3.05, 3.63) is 52.6 Å². The molecule has 0 bridgehead atoms. The van der Waals surface area contributed by atoms with Crippen molar-refractivity contribution >= 4 is 6.08 Å². The fraction of sp³-hybridized carbons (Fsp3) is 0.524. The van der Waals surface area contributed by atoms with Crippen LogP contribution in [0, 0.1) is 18.3 Å². The summed E-state index contributed by atoms with van der Waals surface area (Å²) in [4.78, 5) is 0. The van der Waals surface area contributed by atoms with Gasteiger partial charge in [0, 0.05) is 0 Å². The zero-order valence-corrected chi connectivity index (χ0v) is 13.8. The number of aryl methyl sites for hydroxylation is 1. The van der Waals surface area contributed by atoms with Crippen LogP contribution >= 0.6 is 0 Å². The molecule has 0 nitrogen and oxygen atoms in total. The van der Waals surface area contributed by atoms with Gasteiger partial charge in [0.2, 0.25) is 0 Å². The monoisotopic (exact) mass is 280 g/mol. The molecule has 0 saturated carbocycles. The number of hydrogen-bond acceptors (Lipinski definition) is 0. The van der Waals surface area contributed by atoms with E-state index in [1.165, 1.54) is 49.7 Å². The van der Waals surface area contributed by atoms with Gasteiger partial charge in [-0.1, -0.05) is 67.0 Å². The molecule has 0 aromatic heterocycles. The Kier molecular flexibility index (Phi) is 4.06. The molecule has 0 amide bonds. The maximum absolute atomic E-state index is 2.46. The molecular weight excluding hydrogens is 252 g/mol. The van der Waals surface area contributed by atoms with Crippen molar-refractivity contribution in [2.24, 2.45) is 11.3 Å². The molecule has 1 unspecified atom stereocenters. The highest BCUT2D eigenvalue weighted by Crippen LogP contribution is 2.48. The first-order valence-corrected chi connectivity index (χ1v) is 8.51. The van der Waals surface area contributed by atoms with E-state index < -0.39 is 0 Å². The number of rotatable bonds is 2. The molecule has 2 aliphatic carbocycles. The minimum absolute atomic E-state index is 0.448. The molecule has 112 valence electrons. The lowest BCUT2D eigenvalue weighted by Crippen LogP contribution is -2.25. The fourth-order valence-electron chi connectivity index (χ4n) is 4.03. The topological polar surface area (TPSA) is 0 Å². The molecule has 21 heavy (non-hydrogen) atoms. The second-order valence-electron chi connectivity index (χ2n) is 7.59. The number of benzene rings is 1. The first-order chi connectivity index (χ1) is 10.0. The SMILES string of the molecule is Cc1ccc(/C=C/C2CCC3=C(C2)C(C)(C)CCC3)cc1. The highest BCUT2D eigenvalue weighted by Gasteiger charge is 2.33. The van der Waals surface area contributed by atoms with E-state index in [-0.39, 0.29) is 0 Å². The lowest BCUT2D eigenvalue weighted by Gasteiger charge is -2.40. The summed E-state index contributed by atoms with van der Waals surface area (Å²) in [6.07, 6.45) is 12.9. The van der Waals surface area contributed by atoms with Gasteiger partial charge in [0.05, 0.1) is 0 Å². The number of allylic oxidation sites excluding steroid dienone is 3. The molecule has 1 aromatic rings. The van der Waals surface area contributed by atoms with Gasteiger partial charge in [-0.25, -0.2) is 0 Å². The molecule has 3 rings (SSSR count). The van der Waals surface area contributed by atoms with Crippen LogP contribution in [0.25, 0.3) is 6.08 Å². The zero-order valence-electron chi connectivity index (χ0n) is 13.8. The van der Waals surface area contributed by atoms with Crippen LogP contribution in [0.4, 0.5) is 0 Å². The van der Waals surface area contributed by atoms with Gasteiger partial charge in [-0.2, -0.15) is 0 Å². The third kappa shape index (κ3) is 3.31. The van der Waals surface area contributed by atoms with Crippen LogP contribution < -0.4 is 0 Å². The van der Waals surface area contributed by atoms with Crippen LogP contribution in [0.3, 0.4) is 0 Å². The second kappa shape index (κ2) is 5.83. The van der Waals surface area contributed by atoms with Crippen molar-refractivity contribution in [2.75, 3.05) is 0 Å². The van der Waals surface area contributed by atoms with Crippen LogP contribution in [0.5, 0.6) is 0 Å². The minimum atomic E-state index is 0.448. The Bertz CT molecular complexity index is 554. The van der Waals surface area contributed by atoms with E-state index in [4.69, 9.17) is 0 Å². The van der Waals surface area contributed by atoms with Gasteiger partial charge >= 0.3 is 0 Å². The van der Waals surface area contributed by atoms with Gasteiger partial charge < -0.3 is 0 Å². The predicted molar refractivity (Wildman–Crippen MR) is 92.2 cm³/mol. The summed E-state index contributed by atoms with van der Waals surface area (Å²) in [6.45, 7) is 7.05. The Morgan fingerprint density at radius 1 is 1.10 bits per heavy atom. The summed E-state index contributed by atoms with van der Waals surface area (Å²) in [7, 11) is 0. The molecule has 1 atom stereocenters. The van der Waals surface area contributed by atoms with E-state index in [1.807, 2.05) is 0 Å². The molecule has 0 fully saturated rings. The molecule has 0 heterocycles. The van der Waals surface area contributed by atoms with E-state index in [9.17, 15) is 0 Å². The zero-order chi connectivity index (χ0) is 14.9. The largest absolute Gasteiger partial charge is 0.0805 e. The average molecular weight is 280 g/mol. The third-order valence-corrected chi connectivity index (χ3v) is 5.45. The van der Waals surface area contributed by atoms with Gasteiger partial charge in [0.1, 0.15) is 0 Å². The van der Waals surface area contributed by atoms with Gasteiger partial charge in [0.15, 0.2) is 0 Å². The highest BCUT2D eigenvalue weighted by molar-refractivity contribution is 5.50. The van der Waals surface area contributed by atoms with Crippen LogP contribution in [-0.2, 0) is 0 Å². The highest BCUT2D eigenvalue weighted by atomic mass is 14.4. The Morgan fingerprint density at radius 2 is 1.86 bits per heavy atom. The molecule has 0 saturated heterocycles. The first kappa shape index (κ1) is 14.6. The van der Waals surface area contributed by atoms with E-state index in [2.05, 4.69) is 57.2 Å². The predicted octanol–water partition coefficient (Wildman–Crippen LogP) is 6.32. The van der Waals surface area contributed by atoms with Crippen LogP contribution in [-0.4, -0.2) is 0 Å². The summed E-state index contributed by atoms with van der Waals surface area (Å²) in [6, 6.07) is 8.85. The maximum Gasteiger partial charge on any atom is -0.0142 e. The standard InChI is InChI=1S/C21H28/c1-16-6-8-17(9-7-16)10-11-18-12-13-19-5-4-14-21(2,3)20(19)15-18/h6-11,18H,4-5,12-15H2,1-3H3/b11-10+. The van der Waals surface area contributed by atoms with Crippen molar-refractivity contribution < 1.29 is 0 Å². The summed E-state index contributed by atoms with van der Waals surface area (Å²) in [5, 5.41) is 0. The van der Waals surface area contributed by atoms with Gasteiger partial charge in [-0.3, -0.25) is 0 Å². The van der Waals surface area contributed by atoms with E-state index >= 15 is 0 Å². The Labute approximate surface area is 130 Å². The van der Waals surface area contributed by atoms with Crippen molar-refractivity contribution in [3.8, 4) is 0 Å².